The van der Waals surface area contributed by atoms with Gasteiger partial charge in [-0.1, -0.05) is 33.8 Å². The monoisotopic (exact) mass is 300 g/mol. The molecule has 0 radical (unpaired) electrons. The van der Waals surface area contributed by atoms with Gasteiger partial charge in [0.1, 0.15) is 5.84 Å². The normalized spacial score (nSPS) is 11.6. The molecule has 0 spiro atoms. The van der Waals surface area contributed by atoms with Gasteiger partial charge in [0, 0.05) is 24.8 Å². The number of rotatable bonds is 4. The maximum Gasteiger partial charge on any atom is 0.180 e. The highest BCUT2D eigenvalue weighted by atomic mass is 15.1. The SMILES string of the molecule is CC.CC(=N)N=C/C(=C\C(C)C)Nc1nccn2ccnc12. The minimum Gasteiger partial charge on any atom is -0.336 e. The summed E-state index contributed by atoms with van der Waals surface area (Å²) in [5.74, 6) is 1.28. The Labute approximate surface area is 131 Å². The number of allylic oxidation sites excluding steroid dienone is 2. The van der Waals surface area contributed by atoms with Crippen LogP contribution in [0.2, 0.25) is 0 Å². The summed E-state index contributed by atoms with van der Waals surface area (Å²) in [6.07, 6.45) is 10.8. The van der Waals surface area contributed by atoms with Crippen molar-refractivity contribution in [1.82, 2.24) is 14.4 Å². The molecule has 0 aromatic carbocycles. The predicted octanol–water partition coefficient (Wildman–Crippen LogP) is 3.78. The van der Waals surface area contributed by atoms with E-state index in [2.05, 4.69) is 34.1 Å². The molecule has 22 heavy (non-hydrogen) atoms. The van der Waals surface area contributed by atoms with Gasteiger partial charge in [-0.2, -0.15) is 0 Å². The minimum absolute atomic E-state index is 0.258. The molecule has 0 unspecified atom stereocenters. The number of hydrogen-bond acceptors (Lipinski definition) is 4. The van der Waals surface area contributed by atoms with Gasteiger partial charge in [-0.15, -0.1) is 0 Å². The number of fused-ring (bicyclic) bond motifs is 1. The number of aliphatic imine (C=N–C) groups is 1. The lowest BCUT2D eigenvalue weighted by atomic mass is 10.2. The van der Waals surface area contributed by atoms with Gasteiger partial charge in [0.05, 0.1) is 11.9 Å². The van der Waals surface area contributed by atoms with Crippen LogP contribution in [0.5, 0.6) is 0 Å². The number of aromatic nitrogens is 3. The summed E-state index contributed by atoms with van der Waals surface area (Å²) in [6.45, 7) is 9.80. The molecule has 0 bridgehead atoms. The molecule has 2 aromatic heterocycles. The van der Waals surface area contributed by atoms with E-state index in [9.17, 15) is 0 Å². The summed E-state index contributed by atoms with van der Waals surface area (Å²) < 4.78 is 1.89. The number of amidine groups is 1. The molecule has 0 aliphatic carbocycles. The molecule has 0 aliphatic rings. The molecular formula is C16H24N6. The number of nitrogens with one attached hydrogen (secondary N) is 2. The van der Waals surface area contributed by atoms with Crippen LogP contribution in [0, 0.1) is 11.3 Å². The topological polar surface area (TPSA) is 78.4 Å². The van der Waals surface area contributed by atoms with Crippen LogP contribution in [0.15, 0.2) is 41.6 Å². The molecule has 0 atom stereocenters. The van der Waals surface area contributed by atoms with Crippen molar-refractivity contribution < 1.29 is 0 Å². The van der Waals surface area contributed by atoms with Crippen molar-refractivity contribution >= 4 is 23.5 Å². The highest BCUT2D eigenvalue weighted by Crippen LogP contribution is 2.13. The zero-order valence-corrected chi connectivity index (χ0v) is 13.8. The molecule has 6 heteroatoms. The average molecular weight is 300 g/mol. The lowest BCUT2D eigenvalue weighted by Crippen LogP contribution is -2.06. The molecule has 6 nitrogen and oxygen atoms in total. The Bertz CT molecular complexity index is 666. The summed E-state index contributed by atoms with van der Waals surface area (Å²) in [7, 11) is 0. The Morgan fingerprint density at radius 3 is 2.50 bits per heavy atom. The molecular weight excluding hydrogens is 276 g/mol. The molecule has 0 saturated heterocycles. The van der Waals surface area contributed by atoms with Crippen LogP contribution in [-0.2, 0) is 0 Å². The van der Waals surface area contributed by atoms with Gasteiger partial charge >= 0.3 is 0 Å². The van der Waals surface area contributed by atoms with E-state index in [1.807, 2.05) is 36.7 Å². The summed E-state index contributed by atoms with van der Waals surface area (Å²) in [5, 5.41) is 10.6. The fourth-order valence-electron chi connectivity index (χ4n) is 1.72. The third-order valence-corrected chi connectivity index (χ3v) is 2.48. The second kappa shape index (κ2) is 8.71. The molecule has 0 amide bonds. The fourth-order valence-corrected chi connectivity index (χ4v) is 1.72. The van der Waals surface area contributed by atoms with Crippen molar-refractivity contribution in [3.05, 3.63) is 36.6 Å². The summed E-state index contributed by atoms with van der Waals surface area (Å²) in [5.41, 5.74) is 1.55. The van der Waals surface area contributed by atoms with Crippen LogP contribution in [-0.4, -0.2) is 26.4 Å². The molecule has 2 N–H and O–H groups in total. The quantitative estimate of drug-likeness (QED) is 0.666. The second-order valence-electron chi connectivity index (χ2n) is 4.77. The predicted molar refractivity (Wildman–Crippen MR) is 92.8 cm³/mol. The van der Waals surface area contributed by atoms with E-state index in [1.165, 1.54) is 0 Å². The van der Waals surface area contributed by atoms with Gasteiger partial charge < -0.3 is 9.72 Å². The Kier molecular flexibility index (Phi) is 6.95. The largest absolute Gasteiger partial charge is 0.336 e. The maximum atomic E-state index is 7.37. The van der Waals surface area contributed by atoms with Crippen LogP contribution in [0.25, 0.3) is 5.65 Å². The lowest BCUT2D eigenvalue weighted by Gasteiger charge is -2.08. The summed E-state index contributed by atoms with van der Waals surface area (Å²) in [6, 6.07) is 0. The van der Waals surface area contributed by atoms with Gasteiger partial charge in [-0.3, -0.25) is 5.41 Å². The molecule has 118 valence electrons. The van der Waals surface area contributed by atoms with Gasteiger partial charge in [-0.05, 0) is 12.8 Å². The number of imidazole rings is 1. The van der Waals surface area contributed by atoms with Crippen LogP contribution in [0.1, 0.15) is 34.6 Å². The van der Waals surface area contributed by atoms with Crippen LogP contribution in [0.3, 0.4) is 0 Å². The van der Waals surface area contributed by atoms with E-state index in [4.69, 9.17) is 5.41 Å². The molecule has 0 saturated carbocycles. The van der Waals surface area contributed by atoms with Gasteiger partial charge in [-0.25, -0.2) is 15.0 Å². The number of anilines is 1. The Balaban J connectivity index is 0.00000116. The summed E-state index contributed by atoms with van der Waals surface area (Å²) in [4.78, 5) is 12.6. The van der Waals surface area contributed by atoms with E-state index in [1.54, 1.807) is 25.5 Å². The highest BCUT2D eigenvalue weighted by Gasteiger charge is 2.05. The van der Waals surface area contributed by atoms with Crippen molar-refractivity contribution in [2.75, 3.05) is 5.32 Å². The molecule has 2 heterocycles. The van der Waals surface area contributed by atoms with Crippen molar-refractivity contribution in [2.45, 2.75) is 34.6 Å². The van der Waals surface area contributed by atoms with Gasteiger partial charge in [0.25, 0.3) is 0 Å². The van der Waals surface area contributed by atoms with Gasteiger partial charge in [0.2, 0.25) is 0 Å². The molecule has 0 fully saturated rings. The van der Waals surface area contributed by atoms with Crippen LogP contribution in [0.4, 0.5) is 5.82 Å². The third-order valence-electron chi connectivity index (χ3n) is 2.48. The van der Waals surface area contributed by atoms with Crippen molar-refractivity contribution in [1.29, 1.82) is 5.41 Å². The highest BCUT2D eigenvalue weighted by molar-refractivity contribution is 5.93. The Morgan fingerprint density at radius 1 is 1.27 bits per heavy atom. The summed E-state index contributed by atoms with van der Waals surface area (Å²) >= 11 is 0. The van der Waals surface area contributed by atoms with E-state index in [0.717, 1.165) is 11.3 Å². The Morgan fingerprint density at radius 2 is 1.91 bits per heavy atom. The average Bonchev–Trinajstić information content (AvgIpc) is 2.96. The first-order valence-electron chi connectivity index (χ1n) is 7.42. The van der Waals surface area contributed by atoms with Crippen LogP contribution >= 0.6 is 0 Å². The maximum absolute atomic E-state index is 7.37. The standard InChI is InChI=1S/C14H18N6.C2H6/c1-10(2)8-12(9-18-11(3)15)19-13-14-17-5-7-20(14)6-4-16-13;1-2/h4-10,15H,1-3H3,(H,16,19);1-2H3/b12-8+,15-11?,18-9?;. The minimum atomic E-state index is 0.258. The van der Waals surface area contributed by atoms with E-state index in [-0.39, 0.29) is 5.84 Å². The van der Waals surface area contributed by atoms with Gasteiger partial charge in [0.15, 0.2) is 11.5 Å². The van der Waals surface area contributed by atoms with Crippen LogP contribution < -0.4 is 5.32 Å². The lowest BCUT2D eigenvalue weighted by molar-refractivity contribution is 0.827. The first kappa shape index (κ1) is 17.6. The van der Waals surface area contributed by atoms with E-state index >= 15 is 0 Å². The van der Waals surface area contributed by atoms with E-state index in [0.29, 0.717) is 11.7 Å². The zero-order valence-electron chi connectivity index (χ0n) is 13.8. The number of nitrogens with zero attached hydrogens (tertiary/aromatic N) is 4. The van der Waals surface area contributed by atoms with Crippen molar-refractivity contribution in [3.63, 3.8) is 0 Å². The smallest absolute Gasteiger partial charge is 0.180 e. The van der Waals surface area contributed by atoms with Crippen molar-refractivity contribution in [3.8, 4) is 0 Å². The molecule has 2 aromatic rings. The molecule has 2 rings (SSSR count). The zero-order chi connectivity index (χ0) is 16.5. The number of hydrogen-bond donors (Lipinski definition) is 2. The first-order chi connectivity index (χ1) is 10.6. The molecule has 0 aliphatic heterocycles. The third kappa shape index (κ3) is 5.12. The van der Waals surface area contributed by atoms with E-state index < -0.39 is 0 Å². The second-order valence-corrected chi connectivity index (χ2v) is 4.77. The fraction of sp³-hybridized carbons (Fsp3) is 0.375. The Hall–Kier alpha value is -2.50. The van der Waals surface area contributed by atoms with Crippen molar-refractivity contribution in [2.24, 2.45) is 10.9 Å². The first-order valence-corrected chi connectivity index (χ1v) is 7.42.